The zero-order chi connectivity index (χ0) is 18.0. The van der Waals surface area contributed by atoms with E-state index in [1.54, 1.807) is 4.90 Å². The van der Waals surface area contributed by atoms with Crippen molar-refractivity contribution < 1.29 is 9.59 Å². The number of amides is 2. The standard InChI is InChI=1S/C19H22N4O2.CH4.H2S/c1-12(19(25)23-8-4-5-18(23)20-3)9-14-11-21-17-7-6-15(10-16(14)17)22-13(2)24;;/h6-7,10-12,18,21H,4-5,8-9H2,1-2H3,(H,22,24);1H4;1H2/t12-,18+;;/m1../s1. The molecule has 0 unspecified atom stereocenters. The Hall–Kier alpha value is -2.46. The molecule has 3 rings (SSSR count). The zero-order valence-electron chi connectivity index (χ0n) is 15.0. The molecule has 2 amide bonds. The highest BCUT2D eigenvalue weighted by atomic mass is 32.1. The number of likely N-dealkylation sites (tertiary alicyclic amines) is 1. The van der Waals surface area contributed by atoms with Crippen molar-refractivity contribution in [2.24, 2.45) is 5.92 Å². The summed E-state index contributed by atoms with van der Waals surface area (Å²) in [5.74, 6) is -0.254. The minimum atomic E-state index is -0.302. The van der Waals surface area contributed by atoms with Gasteiger partial charge in [0.05, 0.1) is 0 Å². The molecule has 1 fully saturated rings. The summed E-state index contributed by atoms with van der Waals surface area (Å²) in [7, 11) is 0. The quantitative estimate of drug-likeness (QED) is 0.780. The van der Waals surface area contributed by atoms with Crippen molar-refractivity contribution in [3.63, 3.8) is 0 Å². The van der Waals surface area contributed by atoms with Crippen molar-refractivity contribution >= 4 is 41.9 Å². The van der Waals surface area contributed by atoms with Crippen LogP contribution in [0.2, 0.25) is 0 Å². The fourth-order valence-electron chi connectivity index (χ4n) is 3.47. The zero-order valence-corrected chi connectivity index (χ0v) is 16.0. The van der Waals surface area contributed by atoms with Crippen molar-refractivity contribution in [3.05, 3.63) is 41.4 Å². The normalized spacial score (nSPS) is 16.8. The number of carbonyl (C=O) groups excluding carboxylic acids is 2. The second-order valence-corrected chi connectivity index (χ2v) is 6.64. The third-order valence-electron chi connectivity index (χ3n) is 4.69. The molecule has 1 aliphatic rings. The minimum absolute atomic E-state index is 0. The van der Waals surface area contributed by atoms with Crippen LogP contribution in [-0.2, 0) is 16.0 Å². The molecule has 1 aromatic carbocycles. The number of fused-ring (bicyclic) bond motifs is 1. The maximum atomic E-state index is 12.7. The summed E-state index contributed by atoms with van der Waals surface area (Å²) in [5, 5.41) is 3.80. The first-order valence-electron chi connectivity index (χ1n) is 8.54. The average molecular weight is 389 g/mol. The van der Waals surface area contributed by atoms with Crippen molar-refractivity contribution in [1.82, 2.24) is 9.88 Å². The SMILES string of the molecule is C.S.[C-]#[N+][C@@H]1CCCN1C(=O)[C@H](C)Cc1c[nH]c2ccc(NC(C)=O)cc12. The Morgan fingerprint density at radius 2 is 2.19 bits per heavy atom. The summed E-state index contributed by atoms with van der Waals surface area (Å²) in [5.41, 5.74) is 2.76. The highest BCUT2D eigenvalue weighted by Gasteiger charge is 2.35. The Morgan fingerprint density at radius 3 is 2.85 bits per heavy atom. The highest BCUT2D eigenvalue weighted by molar-refractivity contribution is 7.59. The predicted molar refractivity (Wildman–Crippen MR) is 114 cm³/mol. The van der Waals surface area contributed by atoms with Crippen LogP contribution in [0.4, 0.5) is 5.69 Å². The van der Waals surface area contributed by atoms with Crippen LogP contribution in [0.1, 0.15) is 39.7 Å². The first-order valence-corrected chi connectivity index (χ1v) is 8.54. The van der Waals surface area contributed by atoms with Crippen LogP contribution in [0.3, 0.4) is 0 Å². The van der Waals surface area contributed by atoms with Gasteiger partial charge in [0.25, 0.3) is 0 Å². The molecule has 2 atom stereocenters. The molecule has 2 heterocycles. The molecule has 0 aliphatic carbocycles. The van der Waals surface area contributed by atoms with E-state index in [0.29, 0.717) is 13.0 Å². The molecular weight excluding hydrogens is 360 g/mol. The number of anilines is 1. The molecular formula is C20H28N4O2S. The third-order valence-corrected chi connectivity index (χ3v) is 4.69. The molecule has 0 bridgehead atoms. The molecule has 1 aromatic heterocycles. The monoisotopic (exact) mass is 388 g/mol. The van der Waals surface area contributed by atoms with E-state index in [-0.39, 0.29) is 44.8 Å². The number of nitrogens with one attached hydrogen (secondary N) is 2. The van der Waals surface area contributed by atoms with Gasteiger partial charge in [0.1, 0.15) is 0 Å². The predicted octanol–water partition coefficient (Wildman–Crippen LogP) is 3.92. The van der Waals surface area contributed by atoms with Gasteiger partial charge < -0.3 is 10.3 Å². The summed E-state index contributed by atoms with van der Waals surface area (Å²) in [6.45, 7) is 11.3. The Labute approximate surface area is 167 Å². The smallest absolute Gasteiger partial charge is 0.300 e. The summed E-state index contributed by atoms with van der Waals surface area (Å²) >= 11 is 0. The number of benzene rings is 1. The molecule has 146 valence electrons. The number of carbonyl (C=O) groups is 2. The molecule has 27 heavy (non-hydrogen) atoms. The topological polar surface area (TPSA) is 69.6 Å². The molecule has 0 saturated carbocycles. The lowest BCUT2D eigenvalue weighted by Crippen LogP contribution is -2.38. The number of nitrogens with zero attached hydrogens (tertiary/aromatic N) is 2. The maximum absolute atomic E-state index is 12.7. The van der Waals surface area contributed by atoms with Crippen LogP contribution < -0.4 is 5.32 Å². The Morgan fingerprint density at radius 1 is 1.44 bits per heavy atom. The van der Waals surface area contributed by atoms with Gasteiger partial charge in [-0.05, 0) is 36.6 Å². The first-order chi connectivity index (χ1) is 12.0. The summed E-state index contributed by atoms with van der Waals surface area (Å²) < 4.78 is 0. The van der Waals surface area contributed by atoms with Gasteiger partial charge in [0, 0.05) is 48.6 Å². The summed E-state index contributed by atoms with van der Waals surface area (Å²) in [6, 6.07) is 5.70. The Balaban J connectivity index is 0.00000182. The van der Waals surface area contributed by atoms with Crippen LogP contribution >= 0.6 is 13.5 Å². The lowest BCUT2D eigenvalue weighted by Gasteiger charge is -2.20. The molecule has 6 nitrogen and oxygen atoms in total. The van der Waals surface area contributed by atoms with Crippen molar-refractivity contribution in [2.75, 3.05) is 11.9 Å². The third kappa shape index (κ3) is 4.83. The first kappa shape index (κ1) is 22.6. The van der Waals surface area contributed by atoms with Crippen LogP contribution in [0.5, 0.6) is 0 Å². The lowest BCUT2D eigenvalue weighted by atomic mass is 9.99. The minimum Gasteiger partial charge on any atom is -0.361 e. The van der Waals surface area contributed by atoms with Gasteiger partial charge in [0.15, 0.2) is 0 Å². The van der Waals surface area contributed by atoms with Crippen LogP contribution in [0.15, 0.2) is 24.4 Å². The van der Waals surface area contributed by atoms with E-state index >= 15 is 0 Å². The number of rotatable bonds is 4. The highest BCUT2D eigenvalue weighted by Crippen LogP contribution is 2.27. The second-order valence-electron chi connectivity index (χ2n) is 6.64. The van der Waals surface area contributed by atoms with Crippen LogP contribution in [0, 0.1) is 12.5 Å². The molecule has 1 saturated heterocycles. The number of aromatic nitrogens is 1. The van der Waals surface area contributed by atoms with Gasteiger partial charge in [-0.15, -0.1) is 0 Å². The number of hydrogen-bond donors (Lipinski definition) is 2. The summed E-state index contributed by atoms with van der Waals surface area (Å²) in [4.78, 5) is 32.5. The lowest BCUT2D eigenvalue weighted by molar-refractivity contribution is -0.135. The van der Waals surface area contributed by atoms with Crippen molar-refractivity contribution in [3.8, 4) is 0 Å². The van der Waals surface area contributed by atoms with Gasteiger partial charge in [-0.2, -0.15) is 13.5 Å². The molecule has 1 aliphatic heterocycles. The largest absolute Gasteiger partial charge is 0.361 e. The van der Waals surface area contributed by atoms with Gasteiger partial charge in [-0.25, -0.2) is 6.57 Å². The molecule has 2 N–H and O–H groups in total. The molecule has 0 spiro atoms. The van der Waals surface area contributed by atoms with Crippen LogP contribution in [0.25, 0.3) is 15.7 Å². The van der Waals surface area contributed by atoms with E-state index in [4.69, 9.17) is 6.57 Å². The van der Waals surface area contributed by atoms with Gasteiger partial charge in [-0.1, -0.05) is 14.4 Å². The Bertz CT molecular complexity index is 855. The van der Waals surface area contributed by atoms with Gasteiger partial charge in [-0.3, -0.25) is 19.3 Å². The fourth-order valence-corrected chi connectivity index (χ4v) is 3.47. The number of aromatic amines is 1. The molecule has 0 radical (unpaired) electrons. The average Bonchev–Trinajstić information content (AvgIpc) is 3.20. The molecule has 2 aromatic rings. The van der Waals surface area contributed by atoms with E-state index in [9.17, 15) is 9.59 Å². The van der Waals surface area contributed by atoms with Gasteiger partial charge in [0.2, 0.25) is 11.8 Å². The van der Waals surface area contributed by atoms with E-state index in [1.165, 1.54) is 6.92 Å². The second kappa shape index (κ2) is 9.47. The van der Waals surface area contributed by atoms with E-state index < -0.39 is 0 Å². The number of hydrogen-bond acceptors (Lipinski definition) is 2. The van der Waals surface area contributed by atoms with Crippen LogP contribution in [-0.4, -0.2) is 34.4 Å². The van der Waals surface area contributed by atoms with E-state index in [1.807, 2.05) is 31.3 Å². The van der Waals surface area contributed by atoms with Crippen molar-refractivity contribution in [1.29, 1.82) is 0 Å². The maximum Gasteiger partial charge on any atom is 0.300 e. The van der Waals surface area contributed by atoms with Crippen molar-refractivity contribution in [2.45, 2.75) is 46.7 Å². The summed E-state index contributed by atoms with van der Waals surface area (Å²) in [6.07, 6.45) is 3.89. The Kier molecular flexibility index (Phi) is 7.92. The van der Waals surface area contributed by atoms with E-state index in [0.717, 1.165) is 35.0 Å². The van der Waals surface area contributed by atoms with Gasteiger partial charge >= 0.3 is 6.17 Å². The fraction of sp³-hybridized carbons (Fsp3) is 0.450. The molecule has 7 heteroatoms. The van der Waals surface area contributed by atoms with E-state index in [2.05, 4.69) is 15.1 Å². The number of H-pyrrole nitrogens is 1.